The van der Waals surface area contributed by atoms with E-state index in [4.69, 9.17) is 0 Å². The number of fused-ring (bicyclic) bond motifs is 2. The zero-order chi connectivity index (χ0) is 16.0. The predicted octanol–water partition coefficient (Wildman–Crippen LogP) is 1.48. The minimum Gasteiger partial charge on any atom is -0.480 e. The van der Waals surface area contributed by atoms with Crippen LogP contribution in [0.3, 0.4) is 0 Å². The molecular weight excluding hydrogens is 294 g/mol. The fraction of sp³-hybridized carbons (Fsp3) is 0.353. The van der Waals surface area contributed by atoms with Gasteiger partial charge < -0.3 is 14.6 Å². The van der Waals surface area contributed by atoms with Gasteiger partial charge in [-0.2, -0.15) is 0 Å². The summed E-state index contributed by atoms with van der Waals surface area (Å²) in [5.74, 6) is -0.356. The predicted molar refractivity (Wildman–Crippen MR) is 82.0 cm³/mol. The van der Waals surface area contributed by atoms with Crippen LogP contribution in [-0.2, 0) is 30.7 Å². The quantitative estimate of drug-likeness (QED) is 0.911. The van der Waals surface area contributed by atoms with Crippen molar-refractivity contribution in [1.29, 1.82) is 0 Å². The minimum atomic E-state index is -0.973. The molecule has 0 radical (unpaired) electrons. The van der Waals surface area contributed by atoms with Gasteiger partial charge in [0.25, 0.3) is 5.91 Å². The van der Waals surface area contributed by atoms with E-state index in [1.54, 1.807) is 6.20 Å². The molecule has 0 aliphatic carbocycles. The minimum absolute atomic E-state index is 0.297. The van der Waals surface area contributed by atoms with Crippen LogP contribution in [0, 0.1) is 0 Å². The van der Waals surface area contributed by atoms with Crippen LogP contribution in [0.5, 0.6) is 0 Å². The third kappa shape index (κ3) is 2.30. The summed E-state index contributed by atoms with van der Waals surface area (Å²) >= 11 is 0. The second-order valence-corrected chi connectivity index (χ2v) is 6.10. The highest BCUT2D eigenvalue weighted by molar-refractivity contribution is 5.95. The van der Waals surface area contributed by atoms with Gasteiger partial charge in [-0.05, 0) is 17.5 Å². The topological polar surface area (TPSA) is 75.4 Å². The number of nitrogens with zero attached hydrogens (tertiary/aromatic N) is 3. The smallest absolute Gasteiger partial charge is 0.326 e. The molecule has 4 rings (SSSR count). The van der Waals surface area contributed by atoms with Gasteiger partial charge in [-0.15, -0.1) is 0 Å². The fourth-order valence-electron chi connectivity index (χ4n) is 3.46. The third-order valence-electron chi connectivity index (χ3n) is 4.67. The first-order chi connectivity index (χ1) is 11.1. The molecule has 2 aromatic rings. The van der Waals surface area contributed by atoms with Gasteiger partial charge in [0.05, 0.1) is 0 Å². The molecule has 1 unspecified atom stereocenters. The zero-order valence-electron chi connectivity index (χ0n) is 12.6. The largest absolute Gasteiger partial charge is 0.480 e. The second kappa shape index (κ2) is 5.22. The maximum Gasteiger partial charge on any atom is 0.326 e. The lowest BCUT2D eigenvalue weighted by atomic mass is 9.94. The van der Waals surface area contributed by atoms with Crippen LogP contribution in [0.4, 0.5) is 0 Å². The van der Waals surface area contributed by atoms with E-state index in [1.165, 1.54) is 4.90 Å². The number of carbonyl (C=O) groups is 2. The second-order valence-electron chi connectivity index (χ2n) is 6.10. The molecule has 0 saturated heterocycles. The van der Waals surface area contributed by atoms with E-state index >= 15 is 0 Å². The first-order valence-electron chi connectivity index (χ1n) is 7.80. The van der Waals surface area contributed by atoms with Crippen molar-refractivity contribution in [1.82, 2.24) is 14.5 Å². The monoisotopic (exact) mass is 311 g/mol. The number of hydrogen-bond acceptors (Lipinski definition) is 3. The van der Waals surface area contributed by atoms with Gasteiger partial charge >= 0.3 is 5.97 Å². The summed E-state index contributed by atoms with van der Waals surface area (Å²) in [6.45, 7) is 1.19. The van der Waals surface area contributed by atoms with E-state index in [-0.39, 0.29) is 5.91 Å². The summed E-state index contributed by atoms with van der Waals surface area (Å²) < 4.78 is 1.99. The number of hydrogen-bond donors (Lipinski definition) is 1. The molecule has 2 aliphatic rings. The zero-order valence-corrected chi connectivity index (χ0v) is 12.6. The van der Waals surface area contributed by atoms with E-state index in [0.717, 1.165) is 36.3 Å². The van der Waals surface area contributed by atoms with Gasteiger partial charge in [-0.3, -0.25) is 4.79 Å². The molecule has 0 saturated carbocycles. The van der Waals surface area contributed by atoms with Crippen LogP contribution in [-0.4, -0.2) is 37.5 Å². The molecule has 2 aliphatic heterocycles. The fourth-order valence-corrected chi connectivity index (χ4v) is 3.46. The molecule has 1 aromatic carbocycles. The van der Waals surface area contributed by atoms with Crippen LogP contribution in [0.2, 0.25) is 0 Å². The lowest BCUT2D eigenvalue weighted by Crippen LogP contribution is -2.48. The summed E-state index contributed by atoms with van der Waals surface area (Å²) in [4.78, 5) is 30.3. The molecule has 6 nitrogen and oxygen atoms in total. The van der Waals surface area contributed by atoms with Crippen molar-refractivity contribution in [2.75, 3.05) is 0 Å². The molecule has 118 valence electrons. The Morgan fingerprint density at radius 1 is 1.22 bits per heavy atom. The van der Waals surface area contributed by atoms with Crippen LogP contribution < -0.4 is 0 Å². The number of aliphatic carboxylic acids is 1. The summed E-state index contributed by atoms with van der Waals surface area (Å²) in [6, 6.07) is 6.84. The molecule has 1 N–H and O–H groups in total. The molecule has 0 spiro atoms. The molecule has 1 aromatic heterocycles. The first-order valence-corrected chi connectivity index (χ1v) is 7.80. The molecule has 0 fully saturated rings. The van der Waals surface area contributed by atoms with Gasteiger partial charge in [-0.1, -0.05) is 24.3 Å². The van der Waals surface area contributed by atoms with E-state index in [1.807, 2.05) is 28.8 Å². The number of aryl methyl sites for hydroxylation is 2. The number of carboxylic acids is 1. The number of rotatable bonds is 2. The number of carboxylic acid groups (broad SMARTS) is 1. The summed E-state index contributed by atoms with van der Waals surface area (Å²) in [5, 5.41) is 9.53. The van der Waals surface area contributed by atoms with Crippen LogP contribution >= 0.6 is 0 Å². The van der Waals surface area contributed by atoms with Crippen LogP contribution in [0.15, 0.2) is 30.5 Å². The Balaban J connectivity index is 1.67. The van der Waals surface area contributed by atoms with Crippen molar-refractivity contribution in [3.8, 4) is 0 Å². The van der Waals surface area contributed by atoms with Gasteiger partial charge in [0.15, 0.2) is 0 Å². The molecule has 6 heteroatoms. The van der Waals surface area contributed by atoms with Gasteiger partial charge in [0.1, 0.15) is 17.6 Å². The first kappa shape index (κ1) is 14.0. The third-order valence-corrected chi connectivity index (χ3v) is 4.67. The Bertz CT molecular complexity index is 775. The Labute approximate surface area is 133 Å². The summed E-state index contributed by atoms with van der Waals surface area (Å²) in [7, 11) is 0. The molecule has 0 bridgehead atoms. The maximum atomic E-state index is 12.8. The number of amides is 1. The SMILES string of the molecule is O=C(O)C1Cc2ccccc2CN1C(=O)c1cn2c(n1)CCC2. The lowest BCUT2D eigenvalue weighted by Gasteiger charge is -2.34. The number of aromatic nitrogens is 2. The average molecular weight is 311 g/mol. The number of carbonyl (C=O) groups excluding carboxylic acids is 1. The van der Waals surface area contributed by atoms with Gasteiger partial charge in [0, 0.05) is 32.1 Å². The van der Waals surface area contributed by atoms with Crippen molar-refractivity contribution in [3.05, 3.63) is 53.1 Å². The summed E-state index contributed by atoms with van der Waals surface area (Å²) in [6.07, 6.45) is 4.01. The Morgan fingerprint density at radius 2 is 2.00 bits per heavy atom. The molecule has 1 amide bonds. The Kier molecular flexibility index (Phi) is 3.18. The van der Waals surface area contributed by atoms with E-state index < -0.39 is 12.0 Å². The molecule has 1 atom stereocenters. The van der Waals surface area contributed by atoms with Crippen molar-refractivity contribution in [2.45, 2.75) is 38.4 Å². The van der Waals surface area contributed by atoms with E-state index in [0.29, 0.717) is 18.7 Å². The lowest BCUT2D eigenvalue weighted by molar-refractivity contribution is -0.142. The highest BCUT2D eigenvalue weighted by atomic mass is 16.4. The van der Waals surface area contributed by atoms with Gasteiger partial charge in [0.2, 0.25) is 0 Å². The van der Waals surface area contributed by atoms with Crippen molar-refractivity contribution in [3.63, 3.8) is 0 Å². The maximum absolute atomic E-state index is 12.8. The van der Waals surface area contributed by atoms with Gasteiger partial charge in [-0.25, -0.2) is 9.78 Å². The van der Waals surface area contributed by atoms with E-state index in [9.17, 15) is 14.7 Å². The molecule has 23 heavy (non-hydrogen) atoms. The highest BCUT2D eigenvalue weighted by Crippen LogP contribution is 2.25. The normalized spacial score (nSPS) is 19.3. The van der Waals surface area contributed by atoms with Crippen molar-refractivity contribution < 1.29 is 14.7 Å². The van der Waals surface area contributed by atoms with E-state index in [2.05, 4.69) is 4.98 Å². The molecule has 3 heterocycles. The van der Waals surface area contributed by atoms with Crippen LogP contribution in [0.25, 0.3) is 0 Å². The molecular formula is C17H17N3O3. The standard InChI is InChI=1S/C17H17N3O3/c21-16(13-10-19-7-3-6-15(19)18-13)20-9-12-5-2-1-4-11(12)8-14(20)17(22)23/h1-2,4-5,10,14H,3,6-9H2,(H,22,23). The number of imidazole rings is 1. The highest BCUT2D eigenvalue weighted by Gasteiger charge is 2.36. The summed E-state index contributed by atoms with van der Waals surface area (Å²) in [5.41, 5.74) is 2.35. The van der Waals surface area contributed by atoms with Crippen molar-refractivity contribution in [2.24, 2.45) is 0 Å². The Morgan fingerprint density at radius 3 is 2.74 bits per heavy atom. The van der Waals surface area contributed by atoms with Crippen molar-refractivity contribution >= 4 is 11.9 Å². The Hall–Kier alpha value is -2.63. The van der Waals surface area contributed by atoms with Crippen LogP contribution in [0.1, 0.15) is 33.9 Å². The number of benzene rings is 1. The average Bonchev–Trinajstić information content (AvgIpc) is 3.14.